The van der Waals surface area contributed by atoms with Gasteiger partial charge >= 0.3 is 0 Å². The van der Waals surface area contributed by atoms with Crippen LogP contribution in [0.15, 0.2) is 24.3 Å². The van der Waals surface area contributed by atoms with Crippen LogP contribution in [0.2, 0.25) is 0 Å². The van der Waals surface area contributed by atoms with E-state index in [-0.39, 0.29) is 17.4 Å². The van der Waals surface area contributed by atoms with Gasteiger partial charge in [0.15, 0.2) is 0 Å². The monoisotopic (exact) mass is 373 g/mol. The van der Waals surface area contributed by atoms with Crippen LogP contribution in [0, 0.1) is 12.3 Å². The lowest BCUT2D eigenvalue weighted by Gasteiger charge is -2.42. The van der Waals surface area contributed by atoms with Gasteiger partial charge in [-0.3, -0.25) is 9.69 Å². The molecule has 1 aromatic heterocycles. The Morgan fingerprint density at radius 1 is 1.35 bits per heavy atom. The minimum Gasteiger partial charge on any atom is -0.346 e. The summed E-state index contributed by atoms with van der Waals surface area (Å²) in [6.45, 7) is 9.55. The molecule has 1 unspecified atom stereocenters. The number of nitrogens with one attached hydrogen (secondary N) is 1. The SMILES string of the molecule is Cc1ccc(CNC(=O)c2nnc(CN3CCC(N)C(C)(C)C3)s2)cc1. The molecule has 1 aliphatic heterocycles. The highest BCUT2D eigenvalue weighted by Gasteiger charge is 2.33. The molecule has 7 heteroatoms. The van der Waals surface area contributed by atoms with E-state index in [0.29, 0.717) is 11.6 Å². The largest absolute Gasteiger partial charge is 0.346 e. The molecule has 0 saturated carbocycles. The Balaban J connectivity index is 1.54. The van der Waals surface area contributed by atoms with E-state index in [1.54, 1.807) is 0 Å². The van der Waals surface area contributed by atoms with E-state index in [1.165, 1.54) is 16.9 Å². The van der Waals surface area contributed by atoms with Gasteiger partial charge in [-0.1, -0.05) is 55.0 Å². The van der Waals surface area contributed by atoms with E-state index in [1.807, 2.05) is 31.2 Å². The van der Waals surface area contributed by atoms with Gasteiger partial charge in [-0.05, 0) is 24.3 Å². The molecule has 1 atom stereocenters. The summed E-state index contributed by atoms with van der Waals surface area (Å²) in [7, 11) is 0. The van der Waals surface area contributed by atoms with Crippen molar-refractivity contribution in [3.05, 3.63) is 45.4 Å². The lowest BCUT2D eigenvalue weighted by Crippen LogP contribution is -2.52. The van der Waals surface area contributed by atoms with E-state index in [2.05, 4.69) is 34.3 Å². The van der Waals surface area contributed by atoms with Crippen molar-refractivity contribution in [3.63, 3.8) is 0 Å². The summed E-state index contributed by atoms with van der Waals surface area (Å²) >= 11 is 1.37. The first-order chi connectivity index (χ1) is 12.3. The van der Waals surface area contributed by atoms with Crippen molar-refractivity contribution in [2.24, 2.45) is 11.1 Å². The van der Waals surface area contributed by atoms with Crippen LogP contribution >= 0.6 is 11.3 Å². The number of nitrogens with zero attached hydrogens (tertiary/aromatic N) is 3. The number of hydrogen-bond acceptors (Lipinski definition) is 6. The van der Waals surface area contributed by atoms with Crippen LogP contribution in [0.3, 0.4) is 0 Å². The molecule has 1 aromatic carbocycles. The molecule has 140 valence electrons. The second kappa shape index (κ2) is 7.82. The molecule has 1 fully saturated rings. The quantitative estimate of drug-likeness (QED) is 0.840. The van der Waals surface area contributed by atoms with Crippen LogP contribution in [0.1, 0.15) is 46.2 Å². The second-order valence-electron chi connectivity index (χ2n) is 7.76. The third kappa shape index (κ3) is 4.66. The first-order valence-electron chi connectivity index (χ1n) is 8.97. The zero-order valence-electron chi connectivity index (χ0n) is 15.7. The summed E-state index contributed by atoms with van der Waals surface area (Å²) in [5.74, 6) is -0.171. The first-order valence-corrected chi connectivity index (χ1v) is 9.79. The lowest BCUT2D eigenvalue weighted by atomic mass is 9.80. The number of carbonyl (C=O) groups excluding carboxylic acids is 1. The van der Waals surface area contributed by atoms with Crippen LogP contribution in [-0.2, 0) is 13.1 Å². The highest BCUT2D eigenvalue weighted by Crippen LogP contribution is 2.28. The smallest absolute Gasteiger partial charge is 0.282 e. The highest BCUT2D eigenvalue weighted by atomic mass is 32.1. The fourth-order valence-electron chi connectivity index (χ4n) is 3.18. The topological polar surface area (TPSA) is 84.1 Å². The Labute approximate surface area is 158 Å². The maximum atomic E-state index is 12.3. The molecule has 3 N–H and O–H groups in total. The molecule has 0 spiro atoms. The molecule has 3 rings (SSSR count). The van der Waals surface area contributed by atoms with Gasteiger partial charge in [0, 0.05) is 25.7 Å². The van der Waals surface area contributed by atoms with E-state index in [9.17, 15) is 4.79 Å². The van der Waals surface area contributed by atoms with E-state index in [0.717, 1.165) is 36.6 Å². The number of nitrogens with two attached hydrogens (primary N) is 1. The maximum absolute atomic E-state index is 12.3. The predicted octanol–water partition coefficient (Wildman–Crippen LogP) is 2.34. The molecule has 2 heterocycles. The van der Waals surface area contributed by atoms with E-state index >= 15 is 0 Å². The Kier molecular flexibility index (Phi) is 5.70. The zero-order chi connectivity index (χ0) is 18.7. The molecule has 1 aliphatic rings. The molecular weight excluding hydrogens is 346 g/mol. The first kappa shape index (κ1) is 18.9. The fourth-order valence-corrected chi connectivity index (χ4v) is 3.98. The Bertz CT molecular complexity index is 756. The molecule has 0 radical (unpaired) electrons. The fraction of sp³-hybridized carbons (Fsp3) is 0.526. The maximum Gasteiger partial charge on any atom is 0.282 e. The number of benzene rings is 1. The number of likely N-dealkylation sites (tertiary alicyclic amines) is 1. The van der Waals surface area contributed by atoms with E-state index in [4.69, 9.17) is 5.73 Å². The van der Waals surface area contributed by atoms with Crippen molar-refractivity contribution in [3.8, 4) is 0 Å². The van der Waals surface area contributed by atoms with Gasteiger partial charge in [0.1, 0.15) is 5.01 Å². The predicted molar refractivity (Wildman–Crippen MR) is 104 cm³/mol. The lowest BCUT2D eigenvalue weighted by molar-refractivity contribution is 0.0896. The van der Waals surface area contributed by atoms with Crippen molar-refractivity contribution in [1.29, 1.82) is 0 Å². The number of rotatable bonds is 5. The summed E-state index contributed by atoms with van der Waals surface area (Å²) in [5, 5.41) is 12.5. The second-order valence-corrected chi connectivity index (χ2v) is 8.83. The average Bonchev–Trinajstić information content (AvgIpc) is 3.06. The average molecular weight is 374 g/mol. The van der Waals surface area contributed by atoms with Gasteiger partial charge in [0.05, 0.1) is 6.54 Å². The molecule has 0 aliphatic carbocycles. The number of amides is 1. The van der Waals surface area contributed by atoms with Crippen LogP contribution < -0.4 is 11.1 Å². The summed E-state index contributed by atoms with van der Waals surface area (Å²) in [6.07, 6.45) is 0.982. The molecule has 1 amide bonds. The van der Waals surface area contributed by atoms with Crippen LogP contribution in [0.25, 0.3) is 0 Å². The number of aromatic nitrogens is 2. The third-order valence-electron chi connectivity index (χ3n) is 4.98. The third-order valence-corrected chi connectivity index (χ3v) is 5.89. The van der Waals surface area contributed by atoms with Gasteiger partial charge in [0.25, 0.3) is 5.91 Å². The number of carbonyl (C=O) groups is 1. The molecule has 0 bridgehead atoms. The van der Waals surface area contributed by atoms with Crippen LogP contribution in [-0.4, -0.2) is 40.1 Å². The van der Waals surface area contributed by atoms with Gasteiger partial charge in [-0.15, -0.1) is 10.2 Å². The zero-order valence-corrected chi connectivity index (χ0v) is 16.5. The Morgan fingerprint density at radius 3 is 2.77 bits per heavy atom. The molecule has 2 aromatic rings. The van der Waals surface area contributed by atoms with Gasteiger partial charge in [0.2, 0.25) is 5.01 Å². The molecule has 1 saturated heterocycles. The van der Waals surface area contributed by atoms with Crippen molar-refractivity contribution in [1.82, 2.24) is 20.4 Å². The highest BCUT2D eigenvalue weighted by molar-refractivity contribution is 7.13. The van der Waals surface area contributed by atoms with Crippen molar-refractivity contribution in [2.45, 2.75) is 46.3 Å². The van der Waals surface area contributed by atoms with Crippen molar-refractivity contribution < 1.29 is 4.79 Å². The van der Waals surface area contributed by atoms with Crippen molar-refractivity contribution >= 4 is 17.2 Å². The minimum absolute atomic E-state index is 0.0944. The Morgan fingerprint density at radius 2 is 2.08 bits per heavy atom. The summed E-state index contributed by atoms with van der Waals surface area (Å²) in [5.41, 5.74) is 8.57. The van der Waals surface area contributed by atoms with E-state index < -0.39 is 0 Å². The standard InChI is InChI=1S/C19H27N5OS/c1-13-4-6-14(7-5-13)10-21-17(25)18-23-22-16(26-18)11-24-9-8-15(20)19(2,3)12-24/h4-7,15H,8-12,20H2,1-3H3,(H,21,25). The normalized spacial score (nSPS) is 20.1. The van der Waals surface area contributed by atoms with Gasteiger partial charge in [-0.2, -0.15) is 0 Å². The molecular formula is C19H27N5OS. The van der Waals surface area contributed by atoms with Gasteiger partial charge < -0.3 is 11.1 Å². The Hall–Kier alpha value is -1.83. The molecule has 6 nitrogen and oxygen atoms in total. The summed E-state index contributed by atoms with van der Waals surface area (Å²) < 4.78 is 0. The number of aryl methyl sites for hydroxylation is 1. The summed E-state index contributed by atoms with van der Waals surface area (Å²) in [6, 6.07) is 8.34. The number of piperidine rings is 1. The van der Waals surface area contributed by atoms with Crippen LogP contribution in [0.4, 0.5) is 0 Å². The number of hydrogen-bond donors (Lipinski definition) is 2. The van der Waals surface area contributed by atoms with Crippen LogP contribution in [0.5, 0.6) is 0 Å². The minimum atomic E-state index is -0.171. The van der Waals surface area contributed by atoms with Gasteiger partial charge in [-0.25, -0.2) is 0 Å². The molecule has 26 heavy (non-hydrogen) atoms. The summed E-state index contributed by atoms with van der Waals surface area (Å²) in [4.78, 5) is 14.6. The van der Waals surface area contributed by atoms with Crippen molar-refractivity contribution in [2.75, 3.05) is 13.1 Å².